The first-order valence-electron chi connectivity index (χ1n) is 13.7. The molecule has 0 aliphatic carbocycles. The van der Waals surface area contributed by atoms with Gasteiger partial charge in [0.25, 0.3) is 11.4 Å². The number of pyridine rings is 2. The lowest BCUT2D eigenvalue weighted by atomic mass is 10.2. The number of esters is 2. The van der Waals surface area contributed by atoms with E-state index in [0.717, 1.165) is 4.68 Å². The van der Waals surface area contributed by atoms with Crippen LogP contribution in [0.15, 0.2) is 17.2 Å². The Hall–Kier alpha value is -4.46. The van der Waals surface area contributed by atoms with Crippen molar-refractivity contribution in [2.45, 2.75) is 30.4 Å². The van der Waals surface area contributed by atoms with E-state index in [1.165, 1.54) is 31.0 Å². The first-order valence-corrected chi connectivity index (χ1v) is 18.7. The molecule has 4 aromatic heterocycles. The predicted octanol–water partition coefficient (Wildman–Crippen LogP) is 3.82. The zero-order valence-corrected chi connectivity index (χ0v) is 31.5. The number of carbonyl (C=O) groups excluding carboxylic acids is 2. The molecule has 0 fully saturated rings. The molecule has 4 rings (SSSR count). The first kappa shape index (κ1) is 47.7. The number of carbonyl (C=O) groups is 2. The van der Waals surface area contributed by atoms with Gasteiger partial charge in [0.15, 0.2) is 5.65 Å². The van der Waals surface area contributed by atoms with E-state index in [1.807, 2.05) is 3.63 Å². The second-order valence-corrected chi connectivity index (χ2v) is 15.2. The molecule has 314 valence electrons. The highest BCUT2D eigenvalue weighted by atomic mass is 35.5. The molecular formula is C23H19Cl2F9N6O13S3. The average Bonchev–Trinajstić information content (AvgIpc) is 3.58. The fraction of sp³-hybridized carbons (Fsp3) is 0.391. The molecule has 0 saturated carbocycles. The van der Waals surface area contributed by atoms with Crippen LogP contribution in [0.2, 0.25) is 10.0 Å². The number of aromatic amines is 1. The molecule has 33 heteroatoms. The van der Waals surface area contributed by atoms with Gasteiger partial charge < -0.3 is 18.6 Å². The number of hydrogen-bond acceptors (Lipinski definition) is 16. The van der Waals surface area contributed by atoms with Gasteiger partial charge in [-0.2, -0.15) is 79.9 Å². The third kappa shape index (κ3) is 10.5. The number of fused-ring (bicyclic) bond motifs is 2. The van der Waals surface area contributed by atoms with Gasteiger partial charge in [0, 0.05) is 14.1 Å². The van der Waals surface area contributed by atoms with Crippen molar-refractivity contribution in [3.05, 3.63) is 43.9 Å². The summed E-state index contributed by atoms with van der Waals surface area (Å²) >= 11 is 12.0. The summed E-state index contributed by atoms with van der Waals surface area (Å²) in [5, 5.41) is 8.03. The van der Waals surface area contributed by atoms with Gasteiger partial charge in [-0.15, -0.1) is 3.63 Å². The summed E-state index contributed by atoms with van der Waals surface area (Å²) in [5.74, 6) is -3.07. The molecule has 19 nitrogen and oxygen atoms in total. The van der Waals surface area contributed by atoms with E-state index in [4.69, 9.17) is 27.9 Å². The topological polar surface area (TPSA) is 255 Å². The summed E-state index contributed by atoms with van der Waals surface area (Å²) in [4.78, 5) is 41.4. The Balaban J connectivity index is 0.000000301. The predicted molar refractivity (Wildman–Crippen MR) is 168 cm³/mol. The highest BCUT2D eigenvalue weighted by Crippen LogP contribution is 2.36. The van der Waals surface area contributed by atoms with Gasteiger partial charge in [0.2, 0.25) is 0 Å². The molecule has 1 N–H and O–H groups in total. The monoisotopic (exact) mass is 924 g/mol. The Morgan fingerprint density at radius 3 is 1.57 bits per heavy atom. The van der Waals surface area contributed by atoms with Gasteiger partial charge in [0.1, 0.15) is 16.8 Å². The number of halogens is 11. The molecule has 0 atom stereocenters. The Labute approximate surface area is 315 Å². The lowest BCUT2D eigenvalue weighted by Gasteiger charge is -2.13. The molecule has 0 aliphatic rings. The zero-order valence-electron chi connectivity index (χ0n) is 27.5. The number of ether oxygens (including phenoxy) is 2. The van der Waals surface area contributed by atoms with Crippen LogP contribution in [0.4, 0.5) is 39.5 Å². The normalized spacial score (nSPS) is 12.7. The van der Waals surface area contributed by atoms with E-state index in [-0.39, 0.29) is 39.9 Å². The molecule has 4 aromatic rings. The van der Waals surface area contributed by atoms with Crippen molar-refractivity contribution in [1.29, 1.82) is 0 Å². The minimum Gasteiger partial charge on any atom is -0.462 e. The maximum Gasteiger partial charge on any atom is 0.534 e. The van der Waals surface area contributed by atoms with Crippen LogP contribution in [0.25, 0.3) is 22.1 Å². The standard InChI is InChI=1S/C11H9ClF3N3O5S.C10H10ClN3O3.C2F6O5S2/c1-3-22-10(19)6-7(12)5-4-16-18(2)8(5)17-9(6)23-24(20,21)11(13,14)15;1-3-17-10(16)6-7(11)5-4-12-14(2)8(5)13-9(6)15;3-1(4,5)14(9,10)13-15(11,12)2(6,7)8/h4H,3H2,1-2H3;4H,3H2,1-2H3,(H,13,15);. The molecule has 0 aromatic carbocycles. The summed E-state index contributed by atoms with van der Waals surface area (Å²) in [7, 11) is -16.7. The van der Waals surface area contributed by atoms with E-state index in [1.54, 1.807) is 14.0 Å². The number of nitrogens with zero attached hydrogens (tertiary/aromatic N) is 5. The van der Waals surface area contributed by atoms with Crippen LogP contribution in [0.5, 0.6) is 5.88 Å². The largest absolute Gasteiger partial charge is 0.534 e. The Kier molecular flexibility index (Phi) is 14.4. The summed E-state index contributed by atoms with van der Waals surface area (Å²) in [6, 6.07) is 0. The van der Waals surface area contributed by atoms with Crippen molar-refractivity contribution >= 4 is 87.6 Å². The maximum absolute atomic E-state index is 12.5. The fourth-order valence-electron chi connectivity index (χ4n) is 3.42. The van der Waals surface area contributed by atoms with Crippen molar-refractivity contribution in [2.24, 2.45) is 14.1 Å². The minimum absolute atomic E-state index is 0.0651. The van der Waals surface area contributed by atoms with Gasteiger partial charge in [-0.3, -0.25) is 14.2 Å². The van der Waals surface area contributed by atoms with Crippen LogP contribution in [-0.2, 0) is 57.6 Å². The Bertz CT molecular complexity index is 2490. The molecule has 4 heterocycles. The summed E-state index contributed by atoms with van der Waals surface area (Å²) in [6.45, 7) is 3.14. The number of H-pyrrole nitrogens is 1. The SMILES string of the molecule is CCOC(=O)c1c(Cl)c2cnn(C)c2[nH]c1=O.CCOC(=O)c1c(OS(=O)(=O)C(F)(F)F)nc2c(cnn2C)c1Cl.O=S(=O)(OS(=O)(=O)C(F)(F)F)C(F)(F)F. The number of aromatic nitrogens is 6. The fourth-order valence-corrected chi connectivity index (χ4v) is 6.00. The highest BCUT2D eigenvalue weighted by molar-refractivity contribution is 8.00. The van der Waals surface area contributed by atoms with Gasteiger partial charge >= 0.3 is 58.8 Å². The summed E-state index contributed by atoms with van der Waals surface area (Å²) in [6.07, 6.45) is 2.69. The lowest BCUT2D eigenvalue weighted by Crippen LogP contribution is -2.34. The maximum atomic E-state index is 12.5. The molecular weight excluding hydrogens is 906 g/mol. The smallest absolute Gasteiger partial charge is 0.462 e. The van der Waals surface area contributed by atoms with Crippen molar-refractivity contribution < 1.29 is 91.6 Å². The molecule has 0 bridgehead atoms. The molecule has 0 saturated heterocycles. The molecule has 56 heavy (non-hydrogen) atoms. The van der Waals surface area contributed by atoms with Gasteiger partial charge in [-0.1, -0.05) is 23.2 Å². The lowest BCUT2D eigenvalue weighted by molar-refractivity contribution is -0.0586. The Morgan fingerprint density at radius 2 is 1.12 bits per heavy atom. The van der Waals surface area contributed by atoms with Crippen molar-refractivity contribution in [3.8, 4) is 5.88 Å². The molecule has 0 aliphatic heterocycles. The summed E-state index contributed by atoms with van der Waals surface area (Å²) < 4.78 is 186. The van der Waals surface area contributed by atoms with Crippen LogP contribution in [0, 0.1) is 0 Å². The number of nitrogens with one attached hydrogen (secondary N) is 1. The number of rotatable bonds is 8. The molecule has 0 unspecified atom stereocenters. The van der Waals surface area contributed by atoms with Crippen molar-refractivity contribution in [3.63, 3.8) is 0 Å². The Morgan fingerprint density at radius 1 is 0.714 bits per heavy atom. The van der Waals surface area contributed by atoms with E-state index in [2.05, 4.69) is 29.1 Å². The zero-order chi connectivity index (χ0) is 43.6. The number of hydrogen-bond donors (Lipinski definition) is 1. The van der Waals surface area contributed by atoms with E-state index >= 15 is 0 Å². The molecule has 0 amide bonds. The molecule has 0 spiro atoms. The van der Waals surface area contributed by atoms with Crippen molar-refractivity contribution in [2.75, 3.05) is 13.2 Å². The third-order valence-electron chi connectivity index (χ3n) is 5.82. The van der Waals surface area contributed by atoms with Gasteiger partial charge in [-0.25, -0.2) is 9.59 Å². The number of alkyl halides is 9. The van der Waals surface area contributed by atoms with E-state index < -0.39 is 75.8 Å². The summed E-state index contributed by atoms with van der Waals surface area (Å²) in [5.41, 5.74) is -19.4. The van der Waals surface area contributed by atoms with Crippen molar-refractivity contribution in [1.82, 2.24) is 29.5 Å². The van der Waals surface area contributed by atoms with Crippen LogP contribution in [0.1, 0.15) is 34.6 Å². The van der Waals surface area contributed by atoms with Crippen LogP contribution in [-0.4, -0.2) is 96.5 Å². The van der Waals surface area contributed by atoms with Crippen LogP contribution < -0.4 is 9.74 Å². The van der Waals surface area contributed by atoms with Crippen LogP contribution >= 0.6 is 23.2 Å². The minimum atomic E-state index is -6.85. The number of aryl methyl sites for hydroxylation is 2. The van der Waals surface area contributed by atoms with Crippen LogP contribution in [0.3, 0.4) is 0 Å². The average molecular weight is 926 g/mol. The van der Waals surface area contributed by atoms with Gasteiger partial charge in [0.05, 0.1) is 46.4 Å². The van der Waals surface area contributed by atoms with Gasteiger partial charge in [-0.05, 0) is 13.8 Å². The first-order chi connectivity index (χ1) is 25.3. The highest BCUT2D eigenvalue weighted by Gasteiger charge is 2.57. The van der Waals surface area contributed by atoms with E-state index in [0.29, 0.717) is 11.0 Å². The molecule has 0 radical (unpaired) electrons. The third-order valence-corrected chi connectivity index (χ3v) is 10.1. The second-order valence-electron chi connectivity index (χ2n) is 9.58. The van der Waals surface area contributed by atoms with E-state index in [9.17, 15) is 79.2 Å². The second kappa shape index (κ2) is 17.0. The quantitative estimate of drug-likeness (QED) is 0.114.